The first-order valence-corrected chi connectivity index (χ1v) is 11.6. The number of nitrogens with one attached hydrogen (secondary N) is 1. The summed E-state index contributed by atoms with van der Waals surface area (Å²) in [6, 6.07) is 10.9. The minimum atomic E-state index is -2.99. The molecule has 1 N–H and O–H groups in total. The number of methoxy groups -OCH3 is 2. The van der Waals surface area contributed by atoms with Crippen molar-refractivity contribution in [3.8, 4) is 22.8 Å². The fourth-order valence-corrected chi connectivity index (χ4v) is 3.77. The minimum Gasteiger partial charge on any atom is -0.497 e. The Morgan fingerprint density at radius 2 is 1.78 bits per heavy atom. The van der Waals surface area contributed by atoms with E-state index in [0.29, 0.717) is 33.9 Å². The smallest absolute Gasteiger partial charge is 0.262 e. The van der Waals surface area contributed by atoms with Crippen LogP contribution in [0.5, 0.6) is 11.5 Å². The SMILES string of the molecule is COc1cc(OC)cc(N(CCC(=O)NCC(C)(F)F)c2ccc3ncc(-c4cnn(C)c4)nc3c2)c1. The Bertz CT molecular complexity index is 1380. The van der Waals surface area contributed by atoms with Gasteiger partial charge in [0.15, 0.2) is 0 Å². The number of hydrogen-bond acceptors (Lipinski definition) is 7. The quantitative estimate of drug-likeness (QED) is 0.339. The molecule has 0 atom stereocenters. The average molecular weight is 511 g/mol. The van der Waals surface area contributed by atoms with E-state index in [1.165, 1.54) is 0 Å². The molecule has 2 aromatic carbocycles. The molecule has 0 bridgehead atoms. The van der Waals surface area contributed by atoms with Crippen molar-refractivity contribution < 1.29 is 23.0 Å². The van der Waals surface area contributed by atoms with Crippen LogP contribution in [0.4, 0.5) is 20.2 Å². The van der Waals surface area contributed by atoms with Gasteiger partial charge in [0.25, 0.3) is 5.92 Å². The van der Waals surface area contributed by atoms with E-state index in [1.807, 2.05) is 48.5 Å². The van der Waals surface area contributed by atoms with Gasteiger partial charge in [-0.3, -0.25) is 14.5 Å². The van der Waals surface area contributed by atoms with Crippen molar-refractivity contribution in [2.45, 2.75) is 19.3 Å². The van der Waals surface area contributed by atoms with Crippen LogP contribution in [0, 0.1) is 0 Å². The summed E-state index contributed by atoms with van der Waals surface area (Å²) >= 11 is 0. The molecule has 1 amide bonds. The van der Waals surface area contributed by atoms with Gasteiger partial charge in [0.2, 0.25) is 5.91 Å². The second kappa shape index (κ2) is 10.8. The summed E-state index contributed by atoms with van der Waals surface area (Å²) < 4.78 is 39.0. The standard InChI is InChI=1S/C26H28F2N6O3/c1-26(27,28)16-30-25(35)7-8-34(19-9-20(36-3)12-21(10-19)37-4)18-5-6-22-23(11-18)32-24(14-29-22)17-13-31-33(2)15-17/h5-6,9-15H,7-8,16H2,1-4H3,(H,30,35). The zero-order chi connectivity index (χ0) is 26.6. The number of rotatable bonds is 10. The third-order valence-electron chi connectivity index (χ3n) is 5.64. The number of anilines is 2. The van der Waals surface area contributed by atoms with Gasteiger partial charge in [-0.1, -0.05) is 0 Å². The molecule has 0 radical (unpaired) electrons. The van der Waals surface area contributed by atoms with E-state index in [2.05, 4.69) is 15.4 Å². The molecule has 0 aliphatic heterocycles. The lowest BCUT2D eigenvalue weighted by molar-refractivity contribution is -0.122. The summed E-state index contributed by atoms with van der Waals surface area (Å²) in [6.45, 7) is 0.248. The van der Waals surface area contributed by atoms with Gasteiger partial charge in [-0.15, -0.1) is 0 Å². The maximum atomic E-state index is 13.2. The van der Waals surface area contributed by atoms with Crippen LogP contribution >= 0.6 is 0 Å². The van der Waals surface area contributed by atoms with Crippen LogP contribution in [-0.2, 0) is 11.8 Å². The summed E-state index contributed by atoms with van der Waals surface area (Å²) in [5, 5.41) is 6.48. The number of carbonyl (C=O) groups is 1. The van der Waals surface area contributed by atoms with E-state index < -0.39 is 18.4 Å². The molecule has 194 valence electrons. The van der Waals surface area contributed by atoms with Crippen LogP contribution in [0.2, 0.25) is 0 Å². The molecule has 37 heavy (non-hydrogen) atoms. The number of halogens is 2. The number of nitrogens with zero attached hydrogens (tertiary/aromatic N) is 5. The summed E-state index contributed by atoms with van der Waals surface area (Å²) in [5.74, 6) is -2.35. The van der Waals surface area contributed by atoms with Crippen molar-refractivity contribution in [1.82, 2.24) is 25.1 Å². The van der Waals surface area contributed by atoms with Crippen molar-refractivity contribution in [1.29, 1.82) is 0 Å². The van der Waals surface area contributed by atoms with Crippen molar-refractivity contribution in [3.05, 3.63) is 55.0 Å². The van der Waals surface area contributed by atoms with E-state index in [0.717, 1.165) is 18.2 Å². The van der Waals surface area contributed by atoms with Gasteiger partial charge >= 0.3 is 0 Å². The number of amides is 1. The lowest BCUT2D eigenvalue weighted by Gasteiger charge is -2.26. The number of carbonyl (C=O) groups excluding carboxylic acids is 1. The largest absolute Gasteiger partial charge is 0.497 e. The summed E-state index contributed by atoms with van der Waals surface area (Å²) in [7, 11) is 4.92. The molecule has 0 aliphatic carbocycles. The lowest BCUT2D eigenvalue weighted by Crippen LogP contribution is -2.36. The van der Waals surface area contributed by atoms with Crippen LogP contribution in [0.15, 0.2) is 55.0 Å². The fraction of sp³-hybridized carbons (Fsp3) is 0.308. The highest BCUT2D eigenvalue weighted by molar-refractivity contribution is 5.83. The van der Waals surface area contributed by atoms with Crippen molar-refractivity contribution in [2.75, 3.05) is 32.2 Å². The topological polar surface area (TPSA) is 94.4 Å². The normalized spacial score (nSPS) is 11.4. The average Bonchev–Trinajstić information content (AvgIpc) is 3.32. The molecule has 0 unspecified atom stereocenters. The van der Waals surface area contributed by atoms with Crippen molar-refractivity contribution in [3.63, 3.8) is 0 Å². The summed E-state index contributed by atoms with van der Waals surface area (Å²) in [5.41, 5.74) is 4.28. The maximum absolute atomic E-state index is 13.2. The maximum Gasteiger partial charge on any atom is 0.262 e. The molecule has 2 aromatic heterocycles. The van der Waals surface area contributed by atoms with E-state index >= 15 is 0 Å². The monoisotopic (exact) mass is 510 g/mol. The van der Waals surface area contributed by atoms with Gasteiger partial charge in [-0.05, 0) is 18.2 Å². The Hall–Kier alpha value is -4.28. The highest BCUT2D eigenvalue weighted by Crippen LogP contribution is 2.34. The number of fused-ring (bicyclic) bond motifs is 1. The second-order valence-electron chi connectivity index (χ2n) is 8.65. The zero-order valence-corrected chi connectivity index (χ0v) is 21.0. The van der Waals surface area contributed by atoms with Crippen LogP contribution in [0.3, 0.4) is 0 Å². The third kappa shape index (κ3) is 6.49. The first-order valence-electron chi connectivity index (χ1n) is 11.6. The molecular formula is C26H28F2N6O3. The third-order valence-corrected chi connectivity index (χ3v) is 5.64. The number of aryl methyl sites for hydroxylation is 1. The first kappa shape index (κ1) is 25.8. The van der Waals surface area contributed by atoms with Gasteiger partial charge in [-0.25, -0.2) is 13.8 Å². The summed E-state index contributed by atoms with van der Waals surface area (Å²) in [4.78, 5) is 23.5. The van der Waals surface area contributed by atoms with E-state index in [9.17, 15) is 13.6 Å². The molecule has 4 aromatic rings. The second-order valence-corrected chi connectivity index (χ2v) is 8.65. The fourth-order valence-electron chi connectivity index (χ4n) is 3.77. The van der Waals surface area contributed by atoms with Crippen LogP contribution in [0.25, 0.3) is 22.3 Å². The molecule has 4 rings (SSSR count). The molecule has 0 saturated carbocycles. The number of ether oxygens (including phenoxy) is 2. The molecule has 11 heteroatoms. The molecule has 2 heterocycles. The van der Waals surface area contributed by atoms with Crippen molar-refractivity contribution >= 4 is 28.3 Å². The van der Waals surface area contributed by atoms with Gasteiger partial charge in [0, 0.05) is 68.3 Å². The summed E-state index contributed by atoms with van der Waals surface area (Å²) in [6.07, 6.45) is 5.24. The zero-order valence-electron chi connectivity index (χ0n) is 21.0. The van der Waals surface area contributed by atoms with Gasteiger partial charge in [0.1, 0.15) is 11.5 Å². The Kier molecular flexibility index (Phi) is 7.51. The Morgan fingerprint density at radius 1 is 1.05 bits per heavy atom. The van der Waals surface area contributed by atoms with Gasteiger partial charge in [0.05, 0.1) is 49.9 Å². The van der Waals surface area contributed by atoms with E-state index in [4.69, 9.17) is 14.5 Å². The Labute approximate surface area is 213 Å². The van der Waals surface area contributed by atoms with Crippen LogP contribution < -0.4 is 19.7 Å². The lowest BCUT2D eigenvalue weighted by atomic mass is 10.1. The minimum absolute atomic E-state index is 0.0188. The number of hydrogen-bond donors (Lipinski definition) is 1. The first-order chi connectivity index (χ1) is 17.6. The van der Waals surface area contributed by atoms with Crippen LogP contribution in [-0.4, -0.2) is 58.9 Å². The molecule has 0 saturated heterocycles. The van der Waals surface area contributed by atoms with Crippen molar-refractivity contribution in [2.24, 2.45) is 7.05 Å². The predicted molar refractivity (Wildman–Crippen MR) is 137 cm³/mol. The highest BCUT2D eigenvalue weighted by atomic mass is 19.3. The highest BCUT2D eigenvalue weighted by Gasteiger charge is 2.22. The molecule has 9 nitrogen and oxygen atoms in total. The molecule has 0 fully saturated rings. The molecular weight excluding hydrogens is 482 g/mol. The number of aromatic nitrogens is 4. The van der Waals surface area contributed by atoms with Crippen LogP contribution in [0.1, 0.15) is 13.3 Å². The molecule has 0 spiro atoms. The number of alkyl halides is 2. The predicted octanol–water partition coefficient (Wildman–Crippen LogP) is 4.35. The Balaban J connectivity index is 1.70. The van der Waals surface area contributed by atoms with E-state index in [-0.39, 0.29) is 13.0 Å². The van der Waals surface area contributed by atoms with E-state index in [1.54, 1.807) is 37.4 Å². The van der Waals surface area contributed by atoms with Gasteiger partial charge < -0.3 is 19.7 Å². The number of benzene rings is 2. The molecule has 0 aliphatic rings. The Morgan fingerprint density at radius 3 is 2.41 bits per heavy atom. The van der Waals surface area contributed by atoms with Gasteiger partial charge in [-0.2, -0.15) is 5.10 Å².